The van der Waals surface area contributed by atoms with Crippen molar-refractivity contribution < 1.29 is 14.4 Å². The average Bonchev–Trinajstić information content (AvgIpc) is 2.67. The van der Waals surface area contributed by atoms with Crippen LogP contribution in [-0.4, -0.2) is 48.3 Å². The van der Waals surface area contributed by atoms with Gasteiger partial charge in [-0.2, -0.15) is 0 Å². The van der Waals surface area contributed by atoms with Crippen LogP contribution in [0.3, 0.4) is 0 Å². The summed E-state index contributed by atoms with van der Waals surface area (Å²) in [5.41, 5.74) is 7.52. The zero-order chi connectivity index (χ0) is 22.1. The highest BCUT2D eigenvalue weighted by Crippen LogP contribution is 2.26. The highest BCUT2D eigenvalue weighted by Gasteiger charge is 2.20. The molecule has 2 rings (SSSR count). The Bertz CT molecular complexity index is 748. The molecule has 3 amide bonds. The van der Waals surface area contributed by atoms with E-state index in [1.54, 1.807) is 13.0 Å². The maximum absolute atomic E-state index is 12.6. The Balaban J connectivity index is 2.36. The molecule has 166 valence electrons. The van der Waals surface area contributed by atoms with Crippen LogP contribution in [0, 0.1) is 0 Å². The van der Waals surface area contributed by atoms with Crippen molar-refractivity contribution in [2.24, 2.45) is 5.73 Å². The maximum atomic E-state index is 12.6. The number of carbonyl (C=O) groups is 3. The number of amides is 3. The minimum Gasteiger partial charge on any atom is -0.370 e. The van der Waals surface area contributed by atoms with Gasteiger partial charge in [-0.3, -0.25) is 19.3 Å². The number of anilines is 1. The molecule has 1 aliphatic rings. The lowest BCUT2D eigenvalue weighted by molar-refractivity contribution is -0.118. The van der Waals surface area contributed by atoms with E-state index in [0.717, 1.165) is 37.1 Å². The summed E-state index contributed by atoms with van der Waals surface area (Å²) in [6.45, 7) is 8.52. The molecule has 0 bridgehead atoms. The second-order valence-electron chi connectivity index (χ2n) is 8.32. The number of nitrogens with one attached hydrogen (secondary N) is 1. The van der Waals surface area contributed by atoms with E-state index in [4.69, 9.17) is 5.73 Å². The van der Waals surface area contributed by atoms with Crippen LogP contribution >= 0.6 is 0 Å². The molecule has 7 heteroatoms. The van der Waals surface area contributed by atoms with Gasteiger partial charge in [0.15, 0.2) is 0 Å². The van der Waals surface area contributed by atoms with Crippen molar-refractivity contribution in [3.8, 4) is 0 Å². The van der Waals surface area contributed by atoms with E-state index in [0.29, 0.717) is 24.7 Å². The first-order valence-corrected chi connectivity index (χ1v) is 11.0. The summed E-state index contributed by atoms with van der Waals surface area (Å²) >= 11 is 0. The Hall–Kier alpha value is -2.41. The summed E-state index contributed by atoms with van der Waals surface area (Å²) < 4.78 is 0. The molecular weight excluding hydrogens is 380 g/mol. The topological polar surface area (TPSA) is 95.7 Å². The number of nitrogens with two attached hydrogens (primary N) is 1. The van der Waals surface area contributed by atoms with E-state index in [-0.39, 0.29) is 24.8 Å². The van der Waals surface area contributed by atoms with Gasteiger partial charge in [-0.25, -0.2) is 0 Å². The van der Waals surface area contributed by atoms with Gasteiger partial charge in [-0.15, -0.1) is 0 Å². The second-order valence-corrected chi connectivity index (χ2v) is 8.32. The van der Waals surface area contributed by atoms with Crippen molar-refractivity contribution in [3.63, 3.8) is 0 Å². The van der Waals surface area contributed by atoms with Gasteiger partial charge in [-0.05, 0) is 57.0 Å². The Morgan fingerprint density at radius 2 is 1.73 bits per heavy atom. The number of primary amides is 1. The van der Waals surface area contributed by atoms with Crippen molar-refractivity contribution >= 4 is 23.4 Å². The minimum atomic E-state index is -0.447. The first kappa shape index (κ1) is 23.9. The van der Waals surface area contributed by atoms with Crippen molar-refractivity contribution in [3.05, 3.63) is 29.3 Å². The highest BCUT2D eigenvalue weighted by molar-refractivity contribution is 5.97. The smallest absolute Gasteiger partial charge is 0.251 e. The zero-order valence-corrected chi connectivity index (χ0v) is 18.6. The summed E-state index contributed by atoms with van der Waals surface area (Å²) in [5, 5.41) is 2.74. The van der Waals surface area contributed by atoms with Crippen molar-refractivity contribution in [2.75, 3.05) is 24.5 Å². The number of hydrogen-bond acceptors (Lipinski definition) is 4. The molecule has 0 saturated carbocycles. The summed E-state index contributed by atoms with van der Waals surface area (Å²) in [6, 6.07) is 5.87. The van der Waals surface area contributed by atoms with Crippen LogP contribution < -0.4 is 16.0 Å². The first-order chi connectivity index (χ1) is 14.3. The lowest BCUT2D eigenvalue weighted by Crippen LogP contribution is -2.35. The fourth-order valence-electron chi connectivity index (χ4n) is 3.82. The van der Waals surface area contributed by atoms with E-state index in [1.807, 2.05) is 17.0 Å². The monoisotopic (exact) mass is 416 g/mol. The van der Waals surface area contributed by atoms with Gasteiger partial charge in [-0.1, -0.05) is 19.3 Å². The summed E-state index contributed by atoms with van der Waals surface area (Å²) in [5.74, 6) is -0.670. The van der Waals surface area contributed by atoms with Crippen molar-refractivity contribution in [1.29, 1.82) is 0 Å². The number of hydrogen-bond donors (Lipinski definition) is 2. The van der Waals surface area contributed by atoms with Crippen LogP contribution in [-0.2, 0) is 16.1 Å². The number of benzene rings is 1. The molecule has 0 fully saturated rings. The Labute approximate surface area is 180 Å². The fourth-order valence-corrected chi connectivity index (χ4v) is 3.82. The molecule has 1 heterocycles. The molecule has 1 aromatic rings. The van der Waals surface area contributed by atoms with E-state index < -0.39 is 5.91 Å². The SMILES string of the molecule is CC(=O)N1CCCCCCCN(C(C)C)Cc2cc(C(=O)NCCC(N)=O)ccc21. The molecule has 0 atom stereocenters. The lowest BCUT2D eigenvalue weighted by Gasteiger charge is -2.31. The van der Waals surface area contributed by atoms with Crippen LogP contribution in [0.4, 0.5) is 5.69 Å². The van der Waals surface area contributed by atoms with E-state index in [1.165, 1.54) is 12.8 Å². The molecule has 0 spiro atoms. The number of nitrogens with zero attached hydrogens (tertiary/aromatic N) is 2. The first-order valence-electron chi connectivity index (χ1n) is 11.0. The standard InChI is InChI=1S/C23H36N4O3/c1-17(2)26-13-7-5-4-6-8-14-27(18(3)28)21-10-9-19(15-20(21)16-26)23(30)25-12-11-22(24)29/h9-10,15,17H,4-8,11-14,16H2,1-3H3,(H2,24,29)(H,25,30). The predicted molar refractivity (Wildman–Crippen MR) is 119 cm³/mol. The number of carbonyl (C=O) groups excluding carboxylic acids is 3. The van der Waals surface area contributed by atoms with E-state index >= 15 is 0 Å². The van der Waals surface area contributed by atoms with Crippen LogP contribution in [0.5, 0.6) is 0 Å². The van der Waals surface area contributed by atoms with Gasteiger partial charge in [0.25, 0.3) is 5.91 Å². The second kappa shape index (κ2) is 11.7. The van der Waals surface area contributed by atoms with Crippen LogP contribution in [0.15, 0.2) is 18.2 Å². The molecule has 1 aromatic carbocycles. The third-order valence-electron chi connectivity index (χ3n) is 5.60. The van der Waals surface area contributed by atoms with Gasteiger partial charge in [0.1, 0.15) is 0 Å². The molecule has 0 aliphatic carbocycles. The van der Waals surface area contributed by atoms with Crippen LogP contribution in [0.25, 0.3) is 0 Å². The largest absolute Gasteiger partial charge is 0.370 e. The van der Waals surface area contributed by atoms with E-state index in [2.05, 4.69) is 24.1 Å². The normalized spacial score (nSPS) is 16.3. The summed E-state index contributed by atoms with van der Waals surface area (Å²) in [4.78, 5) is 40.1. The molecular formula is C23H36N4O3. The van der Waals surface area contributed by atoms with Gasteiger partial charge in [0, 0.05) is 50.3 Å². The van der Waals surface area contributed by atoms with Crippen molar-refractivity contribution in [2.45, 2.75) is 71.9 Å². The average molecular weight is 417 g/mol. The Morgan fingerprint density at radius 3 is 2.37 bits per heavy atom. The third-order valence-corrected chi connectivity index (χ3v) is 5.60. The van der Waals surface area contributed by atoms with Gasteiger partial charge in [0.05, 0.1) is 0 Å². The molecule has 0 radical (unpaired) electrons. The maximum Gasteiger partial charge on any atom is 0.251 e. The van der Waals surface area contributed by atoms with E-state index in [9.17, 15) is 14.4 Å². The molecule has 1 aliphatic heterocycles. The summed E-state index contributed by atoms with van der Waals surface area (Å²) in [7, 11) is 0. The van der Waals surface area contributed by atoms with Gasteiger partial charge >= 0.3 is 0 Å². The third kappa shape index (κ3) is 7.13. The number of fused-ring (bicyclic) bond motifs is 1. The predicted octanol–water partition coefficient (Wildman–Crippen LogP) is 2.82. The zero-order valence-electron chi connectivity index (χ0n) is 18.6. The Kier molecular flexibility index (Phi) is 9.30. The molecule has 0 saturated heterocycles. The van der Waals surface area contributed by atoms with Gasteiger partial charge in [0.2, 0.25) is 11.8 Å². The van der Waals surface area contributed by atoms with Gasteiger partial charge < -0.3 is 16.0 Å². The fraction of sp³-hybridized carbons (Fsp3) is 0.609. The molecule has 30 heavy (non-hydrogen) atoms. The molecule has 7 nitrogen and oxygen atoms in total. The number of rotatable bonds is 5. The lowest BCUT2D eigenvalue weighted by atomic mass is 10.0. The molecule has 0 aromatic heterocycles. The highest BCUT2D eigenvalue weighted by atomic mass is 16.2. The summed E-state index contributed by atoms with van der Waals surface area (Å²) in [6.07, 6.45) is 5.73. The molecule has 3 N–H and O–H groups in total. The minimum absolute atomic E-state index is 0.0167. The van der Waals surface area contributed by atoms with Crippen LogP contribution in [0.1, 0.15) is 75.2 Å². The van der Waals surface area contributed by atoms with Crippen LogP contribution in [0.2, 0.25) is 0 Å². The Morgan fingerprint density at radius 1 is 1.07 bits per heavy atom. The van der Waals surface area contributed by atoms with Crippen molar-refractivity contribution in [1.82, 2.24) is 10.2 Å². The molecule has 0 unspecified atom stereocenters. The quantitative estimate of drug-likeness (QED) is 0.771.